The van der Waals surface area contributed by atoms with Crippen molar-refractivity contribution in [2.24, 2.45) is 0 Å². The third kappa shape index (κ3) is 3.34. The third-order valence-electron chi connectivity index (χ3n) is 2.18. The predicted molar refractivity (Wildman–Crippen MR) is 72.0 cm³/mol. The van der Waals surface area contributed by atoms with Crippen molar-refractivity contribution in [3.05, 3.63) is 29.8 Å². The van der Waals surface area contributed by atoms with Crippen LogP contribution in [0.1, 0.15) is 5.56 Å². The maximum atomic E-state index is 5.11. The Morgan fingerprint density at radius 1 is 1.29 bits per heavy atom. The molecule has 1 aromatic heterocycles. The smallest absolute Gasteiger partial charge is 0.206 e. The fourth-order valence-corrected chi connectivity index (χ4v) is 2.45. The molecule has 4 nitrogen and oxygen atoms in total. The van der Waals surface area contributed by atoms with E-state index in [2.05, 4.69) is 15.5 Å². The summed E-state index contributed by atoms with van der Waals surface area (Å²) in [5.74, 6) is 0.870. The summed E-state index contributed by atoms with van der Waals surface area (Å²) in [5.41, 5.74) is 1.19. The molecule has 0 unspecified atom stereocenters. The number of nitrogens with one attached hydrogen (secondary N) is 1. The number of ether oxygens (including phenoxy) is 1. The van der Waals surface area contributed by atoms with E-state index < -0.39 is 0 Å². The monoisotopic (exact) mass is 267 g/mol. The zero-order valence-corrected chi connectivity index (χ0v) is 11.3. The minimum atomic E-state index is 0.743. The Balaban J connectivity index is 1.92. The molecular formula is C11H13N3OS2. The first kappa shape index (κ1) is 12.2. The molecule has 0 aliphatic heterocycles. The Bertz CT molecular complexity index is 470. The van der Waals surface area contributed by atoms with Gasteiger partial charge >= 0.3 is 0 Å². The molecule has 6 heteroatoms. The molecule has 90 valence electrons. The van der Waals surface area contributed by atoms with Crippen molar-refractivity contribution in [2.45, 2.75) is 10.9 Å². The summed E-state index contributed by atoms with van der Waals surface area (Å²) in [6.07, 6.45) is 1.99. The number of aromatic nitrogens is 2. The molecule has 0 fully saturated rings. The summed E-state index contributed by atoms with van der Waals surface area (Å²) in [7, 11) is 1.67. The van der Waals surface area contributed by atoms with E-state index in [4.69, 9.17) is 4.74 Å². The zero-order chi connectivity index (χ0) is 12.1. The van der Waals surface area contributed by atoms with Gasteiger partial charge in [-0.05, 0) is 24.0 Å². The van der Waals surface area contributed by atoms with Crippen molar-refractivity contribution >= 4 is 28.2 Å². The summed E-state index contributed by atoms with van der Waals surface area (Å²) < 4.78 is 6.08. The van der Waals surface area contributed by atoms with Gasteiger partial charge in [-0.15, -0.1) is 10.2 Å². The number of anilines is 1. The van der Waals surface area contributed by atoms with Crippen LogP contribution < -0.4 is 10.1 Å². The molecule has 0 aliphatic rings. The molecule has 0 aliphatic carbocycles. The SMILES string of the molecule is COc1ccc(CNc2nnc(SC)s2)cc1. The van der Waals surface area contributed by atoms with E-state index in [1.54, 1.807) is 30.2 Å². The molecule has 0 radical (unpaired) electrons. The van der Waals surface area contributed by atoms with Crippen molar-refractivity contribution in [1.82, 2.24) is 10.2 Å². The average molecular weight is 267 g/mol. The average Bonchev–Trinajstić information content (AvgIpc) is 2.85. The van der Waals surface area contributed by atoms with E-state index in [1.807, 2.05) is 30.5 Å². The van der Waals surface area contributed by atoms with Crippen molar-refractivity contribution in [3.63, 3.8) is 0 Å². The summed E-state index contributed by atoms with van der Waals surface area (Å²) in [6.45, 7) is 0.743. The fourth-order valence-electron chi connectivity index (χ4n) is 1.28. The Labute approximate surface area is 108 Å². The molecule has 2 aromatic rings. The Morgan fingerprint density at radius 3 is 2.65 bits per heavy atom. The van der Waals surface area contributed by atoms with E-state index in [1.165, 1.54) is 5.56 Å². The standard InChI is InChI=1S/C11H13N3OS2/c1-15-9-5-3-8(4-6-9)7-12-10-13-14-11(16-2)17-10/h3-6H,7H2,1-2H3,(H,12,13). The second kappa shape index (κ2) is 5.88. The lowest BCUT2D eigenvalue weighted by molar-refractivity contribution is 0.414. The van der Waals surface area contributed by atoms with Gasteiger partial charge in [-0.25, -0.2) is 0 Å². The molecule has 0 amide bonds. The summed E-state index contributed by atoms with van der Waals surface area (Å²) in [4.78, 5) is 0. The van der Waals surface area contributed by atoms with Gasteiger partial charge in [0.25, 0.3) is 0 Å². The van der Waals surface area contributed by atoms with Crippen LogP contribution in [0.5, 0.6) is 5.75 Å². The molecule has 1 N–H and O–H groups in total. The second-order valence-corrected chi connectivity index (χ2v) is 5.31. The van der Waals surface area contributed by atoms with Crippen LogP contribution in [0.15, 0.2) is 28.6 Å². The topological polar surface area (TPSA) is 47.0 Å². The highest BCUT2D eigenvalue weighted by molar-refractivity contribution is 8.00. The number of methoxy groups -OCH3 is 1. The highest BCUT2D eigenvalue weighted by Crippen LogP contribution is 2.23. The number of hydrogen-bond donors (Lipinski definition) is 1. The van der Waals surface area contributed by atoms with Crippen LogP contribution in [0.2, 0.25) is 0 Å². The predicted octanol–water partition coefficient (Wildman–Crippen LogP) is 2.88. The van der Waals surface area contributed by atoms with Gasteiger partial charge in [0, 0.05) is 6.54 Å². The molecule has 1 heterocycles. The molecule has 0 saturated heterocycles. The quantitative estimate of drug-likeness (QED) is 0.844. The van der Waals surface area contributed by atoms with Crippen LogP contribution in [-0.2, 0) is 6.54 Å². The molecule has 1 aromatic carbocycles. The minimum absolute atomic E-state index is 0.743. The van der Waals surface area contributed by atoms with Crippen molar-refractivity contribution in [2.75, 3.05) is 18.7 Å². The van der Waals surface area contributed by atoms with Crippen molar-refractivity contribution in [3.8, 4) is 5.75 Å². The van der Waals surface area contributed by atoms with Crippen LogP contribution in [0.4, 0.5) is 5.13 Å². The van der Waals surface area contributed by atoms with Crippen molar-refractivity contribution in [1.29, 1.82) is 0 Å². The first-order valence-electron chi connectivity index (χ1n) is 5.06. The first-order chi connectivity index (χ1) is 8.31. The van der Waals surface area contributed by atoms with E-state index >= 15 is 0 Å². The lowest BCUT2D eigenvalue weighted by atomic mass is 10.2. The zero-order valence-electron chi connectivity index (χ0n) is 9.64. The first-order valence-corrected chi connectivity index (χ1v) is 7.10. The van der Waals surface area contributed by atoms with Crippen LogP contribution in [-0.4, -0.2) is 23.6 Å². The number of nitrogens with zero attached hydrogens (tertiary/aromatic N) is 2. The van der Waals surface area contributed by atoms with Crippen molar-refractivity contribution < 1.29 is 4.74 Å². The Kier molecular flexibility index (Phi) is 4.22. The van der Waals surface area contributed by atoms with Crippen LogP contribution in [0, 0.1) is 0 Å². The maximum Gasteiger partial charge on any atom is 0.206 e. The van der Waals surface area contributed by atoms with Crippen LogP contribution in [0.25, 0.3) is 0 Å². The molecule has 17 heavy (non-hydrogen) atoms. The van der Waals surface area contributed by atoms with Gasteiger partial charge in [0.15, 0.2) is 4.34 Å². The summed E-state index contributed by atoms with van der Waals surface area (Å²) >= 11 is 3.17. The molecular weight excluding hydrogens is 254 g/mol. The fraction of sp³-hybridized carbons (Fsp3) is 0.273. The summed E-state index contributed by atoms with van der Waals surface area (Å²) in [5, 5.41) is 12.2. The maximum absolute atomic E-state index is 5.11. The summed E-state index contributed by atoms with van der Waals surface area (Å²) in [6, 6.07) is 7.96. The lowest BCUT2D eigenvalue weighted by Crippen LogP contribution is -1.98. The largest absolute Gasteiger partial charge is 0.497 e. The lowest BCUT2D eigenvalue weighted by Gasteiger charge is -2.03. The highest BCUT2D eigenvalue weighted by atomic mass is 32.2. The normalized spacial score (nSPS) is 10.2. The van der Waals surface area contributed by atoms with E-state index in [0.29, 0.717) is 0 Å². The highest BCUT2D eigenvalue weighted by Gasteiger charge is 2.02. The van der Waals surface area contributed by atoms with Gasteiger partial charge in [-0.2, -0.15) is 0 Å². The van der Waals surface area contributed by atoms with Gasteiger partial charge in [-0.1, -0.05) is 35.2 Å². The van der Waals surface area contributed by atoms with Gasteiger partial charge < -0.3 is 10.1 Å². The number of rotatable bonds is 5. The number of hydrogen-bond acceptors (Lipinski definition) is 6. The Hall–Kier alpha value is -1.27. The number of benzene rings is 1. The Morgan fingerprint density at radius 2 is 2.06 bits per heavy atom. The van der Waals surface area contributed by atoms with E-state index in [-0.39, 0.29) is 0 Å². The van der Waals surface area contributed by atoms with Crippen LogP contribution >= 0.6 is 23.1 Å². The second-order valence-electron chi connectivity index (χ2n) is 3.28. The van der Waals surface area contributed by atoms with E-state index in [9.17, 15) is 0 Å². The molecule has 0 atom stereocenters. The molecule has 0 bridgehead atoms. The molecule has 0 spiro atoms. The van der Waals surface area contributed by atoms with Gasteiger partial charge in [0.2, 0.25) is 5.13 Å². The third-order valence-corrected chi connectivity index (χ3v) is 4.04. The van der Waals surface area contributed by atoms with Crippen LogP contribution in [0.3, 0.4) is 0 Å². The van der Waals surface area contributed by atoms with Gasteiger partial charge in [0.05, 0.1) is 7.11 Å². The van der Waals surface area contributed by atoms with Gasteiger partial charge in [-0.3, -0.25) is 0 Å². The van der Waals surface area contributed by atoms with Gasteiger partial charge in [0.1, 0.15) is 5.75 Å². The van der Waals surface area contributed by atoms with E-state index in [0.717, 1.165) is 21.8 Å². The molecule has 0 saturated carbocycles. The minimum Gasteiger partial charge on any atom is -0.497 e. The number of thioether (sulfide) groups is 1. The molecule has 2 rings (SSSR count).